The van der Waals surface area contributed by atoms with E-state index in [9.17, 15) is 14.7 Å². The highest BCUT2D eigenvalue weighted by atomic mass is 35.5. The summed E-state index contributed by atoms with van der Waals surface area (Å²) >= 11 is 12.4. The van der Waals surface area contributed by atoms with Crippen molar-refractivity contribution in [2.24, 2.45) is 0 Å². The molecule has 0 spiro atoms. The average Bonchev–Trinajstić information content (AvgIpc) is 3.36. The van der Waals surface area contributed by atoms with Crippen LogP contribution in [0.5, 0.6) is 5.75 Å². The lowest BCUT2D eigenvalue weighted by atomic mass is 9.98. The Labute approximate surface area is 187 Å². The molecule has 1 aliphatic heterocycles. The predicted molar refractivity (Wildman–Crippen MR) is 114 cm³/mol. The van der Waals surface area contributed by atoms with E-state index in [0.29, 0.717) is 11.5 Å². The summed E-state index contributed by atoms with van der Waals surface area (Å²) in [6.07, 6.45) is 3.02. The number of Topliss-reactive ketones (excluding diaryl/α,β-unsaturated/α-hetero) is 1. The first-order valence-electron chi connectivity index (χ1n) is 9.17. The third-order valence-corrected chi connectivity index (χ3v) is 5.45. The Bertz CT molecular complexity index is 1150. The van der Waals surface area contributed by atoms with E-state index in [1.165, 1.54) is 30.4 Å². The summed E-state index contributed by atoms with van der Waals surface area (Å²) in [7, 11) is 1.41. The number of methoxy groups -OCH3 is 1. The van der Waals surface area contributed by atoms with Gasteiger partial charge in [0.15, 0.2) is 5.75 Å². The van der Waals surface area contributed by atoms with E-state index in [0.717, 1.165) is 0 Å². The van der Waals surface area contributed by atoms with Gasteiger partial charge >= 0.3 is 0 Å². The number of benzene rings is 1. The zero-order valence-electron chi connectivity index (χ0n) is 16.2. The van der Waals surface area contributed by atoms with Gasteiger partial charge in [-0.3, -0.25) is 14.6 Å². The Morgan fingerprint density at radius 2 is 1.94 bits per heavy atom. The van der Waals surface area contributed by atoms with Crippen molar-refractivity contribution in [1.29, 1.82) is 0 Å². The Hall–Kier alpha value is -3.29. The first kappa shape index (κ1) is 21.0. The molecular formula is C22H16Cl2N2O5. The van der Waals surface area contributed by atoms with Crippen LogP contribution in [0, 0.1) is 0 Å². The van der Waals surface area contributed by atoms with E-state index in [1.807, 2.05) is 0 Å². The number of furan rings is 1. The van der Waals surface area contributed by atoms with E-state index in [1.54, 1.807) is 36.5 Å². The molecule has 0 aliphatic carbocycles. The summed E-state index contributed by atoms with van der Waals surface area (Å²) in [4.78, 5) is 31.5. The number of ether oxygens (including phenoxy) is 1. The highest BCUT2D eigenvalue weighted by Crippen LogP contribution is 2.42. The molecule has 1 saturated heterocycles. The van der Waals surface area contributed by atoms with Gasteiger partial charge in [0.1, 0.15) is 17.6 Å². The second-order valence-electron chi connectivity index (χ2n) is 6.73. The minimum Gasteiger partial charge on any atom is -0.507 e. The van der Waals surface area contributed by atoms with Crippen molar-refractivity contribution >= 4 is 40.7 Å². The molecule has 31 heavy (non-hydrogen) atoms. The molecule has 3 heterocycles. The van der Waals surface area contributed by atoms with Gasteiger partial charge in [-0.2, -0.15) is 0 Å². The number of aromatic nitrogens is 1. The number of rotatable bonds is 5. The molecule has 4 rings (SSSR count). The summed E-state index contributed by atoms with van der Waals surface area (Å²) in [6.45, 7) is 0.0275. The van der Waals surface area contributed by atoms with E-state index in [4.69, 9.17) is 32.4 Å². The molecule has 1 aliphatic rings. The van der Waals surface area contributed by atoms with Crippen molar-refractivity contribution in [1.82, 2.24) is 9.88 Å². The molecule has 9 heteroatoms. The standard InChI is InChI=1S/C22H16Cl2N2O5/c1-30-21-14(23)9-12(10-15(21)24)19(27)17-18(16-6-2-3-7-25-16)26(22(29)20(17)28)11-13-5-4-8-31-13/h2-10,18,27H,11H2,1H3/b19-17+. The SMILES string of the molecule is COc1c(Cl)cc(/C(O)=C2\C(=O)C(=O)N(Cc3ccco3)C2c2ccccn2)cc1Cl. The smallest absolute Gasteiger partial charge is 0.296 e. The molecule has 0 bridgehead atoms. The number of likely N-dealkylation sites (tertiary alicyclic amines) is 1. The number of aliphatic hydroxyl groups excluding tert-OH is 1. The van der Waals surface area contributed by atoms with Crippen molar-refractivity contribution in [2.45, 2.75) is 12.6 Å². The second kappa shape index (κ2) is 8.45. The molecule has 0 saturated carbocycles. The molecule has 7 nitrogen and oxygen atoms in total. The molecule has 3 aromatic rings. The number of ketones is 1. The maximum absolute atomic E-state index is 13.0. The maximum atomic E-state index is 13.0. The van der Waals surface area contributed by atoms with Crippen LogP contribution in [0.1, 0.15) is 23.1 Å². The first-order chi connectivity index (χ1) is 14.9. The molecule has 1 unspecified atom stereocenters. The van der Waals surface area contributed by atoms with Crippen LogP contribution < -0.4 is 4.74 Å². The second-order valence-corrected chi connectivity index (χ2v) is 7.55. The van der Waals surface area contributed by atoms with Crippen molar-refractivity contribution in [3.63, 3.8) is 0 Å². The topological polar surface area (TPSA) is 92.9 Å². The summed E-state index contributed by atoms with van der Waals surface area (Å²) in [6, 6.07) is 10.4. The van der Waals surface area contributed by atoms with E-state index < -0.39 is 23.5 Å². The fourth-order valence-electron chi connectivity index (χ4n) is 3.51. The van der Waals surface area contributed by atoms with Gasteiger partial charge in [-0.25, -0.2) is 0 Å². The van der Waals surface area contributed by atoms with Crippen molar-refractivity contribution in [3.8, 4) is 5.75 Å². The fraction of sp³-hybridized carbons (Fsp3) is 0.136. The molecule has 2 aromatic heterocycles. The Morgan fingerprint density at radius 1 is 1.19 bits per heavy atom. The van der Waals surface area contributed by atoms with Gasteiger partial charge in [0, 0.05) is 11.8 Å². The highest BCUT2D eigenvalue weighted by molar-refractivity contribution is 6.46. The molecule has 1 amide bonds. The van der Waals surface area contributed by atoms with Gasteiger partial charge in [0.25, 0.3) is 11.7 Å². The quantitative estimate of drug-likeness (QED) is 0.340. The van der Waals surface area contributed by atoms with Crippen LogP contribution in [0.25, 0.3) is 5.76 Å². The zero-order valence-corrected chi connectivity index (χ0v) is 17.7. The van der Waals surface area contributed by atoms with E-state index in [-0.39, 0.29) is 33.5 Å². The van der Waals surface area contributed by atoms with Gasteiger partial charge in [-0.05, 0) is 36.4 Å². The molecule has 0 radical (unpaired) electrons. The van der Waals surface area contributed by atoms with Crippen LogP contribution >= 0.6 is 23.2 Å². The first-order valence-corrected chi connectivity index (χ1v) is 9.93. The molecule has 1 aromatic carbocycles. The van der Waals surface area contributed by atoms with Crippen LogP contribution in [0.15, 0.2) is 64.9 Å². The number of aliphatic hydroxyl groups is 1. The molecular weight excluding hydrogens is 443 g/mol. The van der Waals surface area contributed by atoms with Gasteiger partial charge in [-0.1, -0.05) is 29.3 Å². The highest BCUT2D eigenvalue weighted by Gasteiger charge is 2.47. The van der Waals surface area contributed by atoms with Crippen LogP contribution in [0.2, 0.25) is 10.0 Å². The minimum absolute atomic E-state index is 0.0275. The molecule has 1 atom stereocenters. The third kappa shape index (κ3) is 3.78. The van der Waals surface area contributed by atoms with Crippen LogP contribution in [-0.2, 0) is 16.1 Å². The van der Waals surface area contributed by atoms with Crippen LogP contribution in [0.3, 0.4) is 0 Å². The summed E-state index contributed by atoms with van der Waals surface area (Å²) in [5.74, 6) is -1.32. The summed E-state index contributed by atoms with van der Waals surface area (Å²) < 4.78 is 10.5. The Balaban J connectivity index is 1.88. The monoisotopic (exact) mass is 458 g/mol. The van der Waals surface area contributed by atoms with Crippen molar-refractivity contribution in [2.75, 3.05) is 7.11 Å². The number of nitrogens with zero attached hydrogens (tertiary/aromatic N) is 2. The molecule has 1 N–H and O–H groups in total. The fourth-order valence-corrected chi connectivity index (χ4v) is 4.15. The van der Waals surface area contributed by atoms with Crippen LogP contribution in [0.4, 0.5) is 0 Å². The van der Waals surface area contributed by atoms with Gasteiger partial charge in [0.2, 0.25) is 0 Å². The molecule has 158 valence electrons. The number of amides is 1. The predicted octanol–water partition coefficient (Wildman–Crippen LogP) is 4.61. The van der Waals surface area contributed by atoms with Gasteiger partial charge in [-0.15, -0.1) is 0 Å². The number of pyridine rings is 1. The lowest BCUT2D eigenvalue weighted by Crippen LogP contribution is -2.29. The third-order valence-electron chi connectivity index (χ3n) is 4.89. The summed E-state index contributed by atoms with van der Waals surface area (Å²) in [5, 5.41) is 11.4. The summed E-state index contributed by atoms with van der Waals surface area (Å²) in [5.41, 5.74) is 0.473. The van der Waals surface area contributed by atoms with Gasteiger partial charge in [0.05, 0.1) is 41.2 Å². The lowest BCUT2D eigenvalue weighted by Gasteiger charge is -2.23. The molecule has 1 fully saturated rings. The Morgan fingerprint density at radius 3 is 2.52 bits per heavy atom. The number of carbonyl (C=O) groups excluding carboxylic acids is 2. The number of hydrogen-bond donors (Lipinski definition) is 1. The van der Waals surface area contributed by atoms with Crippen LogP contribution in [-0.4, -0.2) is 33.8 Å². The average molecular weight is 459 g/mol. The minimum atomic E-state index is -0.925. The van der Waals surface area contributed by atoms with E-state index in [2.05, 4.69) is 4.98 Å². The largest absolute Gasteiger partial charge is 0.507 e. The van der Waals surface area contributed by atoms with Crippen molar-refractivity contribution in [3.05, 3.63) is 87.6 Å². The number of carbonyl (C=O) groups is 2. The van der Waals surface area contributed by atoms with Gasteiger partial charge < -0.3 is 19.2 Å². The normalized spacial score (nSPS) is 17.9. The van der Waals surface area contributed by atoms with E-state index >= 15 is 0 Å². The number of hydrogen-bond acceptors (Lipinski definition) is 6. The lowest BCUT2D eigenvalue weighted by molar-refractivity contribution is -0.140. The Kier molecular flexibility index (Phi) is 5.71. The maximum Gasteiger partial charge on any atom is 0.296 e. The number of halogens is 2. The van der Waals surface area contributed by atoms with Crippen molar-refractivity contribution < 1.29 is 23.8 Å². The zero-order chi connectivity index (χ0) is 22.1.